The van der Waals surface area contributed by atoms with Crippen LogP contribution in [0.3, 0.4) is 0 Å². The fraction of sp³-hybridized carbons (Fsp3) is 0.600. The summed E-state index contributed by atoms with van der Waals surface area (Å²) < 4.78 is 0. The molecule has 0 saturated carbocycles. The number of pyridine rings is 1. The molecule has 1 aliphatic rings. The lowest BCUT2D eigenvalue weighted by Gasteiger charge is -2.23. The first-order chi connectivity index (χ1) is 9.67. The van der Waals surface area contributed by atoms with E-state index in [1.165, 1.54) is 0 Å². The van der Waals surface area contributed by atoms with Crippen LogP contribution < -0.4 is 0 Å². The number of hydrogen-bond donors (Lipinski definition) is 0. The number of rotatable bonds is 2. The average Bonchev–Trinajstić information content (AvgIpc) is 2.54. The summed E-state index contributed by atoms with van der Waals surface area (Å²) in [5.41, 5.74) is 1.67. The normalized spacial score (nSPS) is 19.9. The van der Waals surface area contributed by atoms with Gasteiger partial charge in [-0.15, -0.1) is 0 Å². The SMILES string of the molecule is CN1CCN(C)CCN(Cc2cc(C#N)ccn2)CC1. The Morgan fingerprint density at radius 2 is 1.70 bits per heavy atom. The number of nitrogens with zero attached hydrogens (tertiary/aromatic N) is 5. The van der Waals surface area contributed by atoms with Gasteiger partial charge in [-0.1, -0.05) is 0 Å². The monoisotopic (exact) mass is 273 g/mol. The van der Waals surface area contributed by atoms with Gasteiger partial charge in [0, 0.05) is 52.0 Å². The molecule has 20 heavy (non-hydrogen) atoms. The van der Waals surface area contributed by atoms with E-state index in [0.717, 1.165) is 51.5 Å². The first kappa shape index (κ1) is 14.9. The molecule has 0 amide bonds. The van der Waals surface area contributed by atoms with Gasteiger partial charge in [0.25, 0.3) is 0 Å². The van der Waals surface area contributed by atoms with Crippen molar-refractivity contribution in [1.29, 1.82) is 5.26 Å². The maximum absolute atomic E-state index is 8.95. The molecule has 0 spiro atoms. The van der Waals surface area contributed by atoms with Crippen molar-refractivity contribution in [3.63, 3.8) is 0 Å². The van der Waals surface area contributed by atoms with Gasteiger partial charge >= 0.3 is 0 Å². The largest absolute Gasteiger partial charge is 0.304 e. The minimum absolute atomic E-state index is 0.688. The third kappa shape index (κ3) is 4.57. The minimum Gasteiger partial charge on any atom is -0.304 e. The molecule has 2 heterocycles. The Bertz CT molecular complexity index is 454. The molecule has 0 radical (unpaired) electrons. The van der Waals surface area contributed by atoms with Gasteiger partial charge in [0.1, 0.15) is 0 Å². The van der Waals surface area contributed by atoms with Gasteiger partial charge in [0.2, 0.25) is 0 Å². The van der Waals surface area contributed by atoms with Crippen molar-refractivity contribution in [2.45, 2.75) is 6.54 Å². The summed E-state index contributed by atoms with van der Waals surface area (Å²) >= 11 is 0. The highest BCUT2D eigenvalue weighted by molar-refractivity contribution is 5.28. The zero-order chi connectivity index (χ0) is 14.4. The van der Waals surface area contributed by atoms with E-state index in [9.17, 15) is 0 Å². The highest BCUT2D eigenvalue weighted by atomic mass is 15.2. The van der Waals surface area contributed by atoms with Gasteiger partial charge < -0.3 is 9.80 Å². The fourth-order valence-electron chi connectivity index (χ4n) is 2.32. The molecule has 1 aliphatic heterocycles. The summed E-state index contributed by atoms with van der Waals surface area (Å²) in [5, 5.41) is 8.95. The molecular weight excluding hydrogens is 250 g/mol. The van der Waals surface area contributed by atoms with E-state index in [2.05, 4.69) is 39.8 Å². The van der Waals surface area contributed by atoms with Gasteiger partial charge in [-0.05, 0) is 26.2 Å². The lowest BCUT2D eigenvalue weighted by molar-refractivity contribution is 0.226. The van der Waals surface area contributed by atoms with Crippen LogP contribution >= 0.6 is 0 Å². The van der Waals surface area contributed by atoms with E-state index < -0.39 is 0 Å². The zero-order valence-corrected chi connectivity index (χ0v) is 12.4. The third-order valence-electron chi connectivity index (χ3n) is 3.79. The van der Waals surface area contributed by atoms with Crippen molar-refractivity contribution in [1.82, 2.24) is 19.7 Å². The average molecular weight is 273 g/mol. The molecule has 1 saturated heterocycles. The van der Waals surface area contributed by atoms with Crippen LogP contribution in [0.1, 0.15) is 11.3 Å². The Hall–Kier alpha value is -1.48. The third-order valence-corrected chi connectivity index (χ3v) is 3.79. The van der Waals surface area contributed by atoms with Crippen LogP contribution in [-0.2, 0) is 6.54 Å². The summed E-state index contributed by atoms with van der Waals surface area (Å²) in [6.45, 7) is 7.29. The standard InChI is InChI=1S/C15H23N5/c1-18-5-6-19(2)8-10-20(9-7-18)13-15-11-14(12-16)3-4-17-15/h3-4,11H,5-10,13H2,1-2H3. The number of likely N-dealkylation sites (N-methyl/N-ethyl adjacent to an activating group) is 2. The van der Waals surface area contributed by atoms with Crippen LogP contribution in [0.4, 0.5) is 0 Å². The Labute approximate surface area is 121 Å². The Morgan fingerprint density at radius 3 is 2.30 bits per heavy atom. The molecule has 0 atom stereocenters. The van der Waals surface area contributed by atoms with E-state index in [4.69, 9.17) is 5.26 Å². The molecule has 5 heteroatoms. The first-order valence-electron chi connectivity index (χ1n) is 7.12. The van der Waals surface area contributed by atoms with Gasteiger partial charge in [0.15, 0.2) is 0 Å². The number of nitriles is 1. The van der Waals surface area contributed by atoms with Crippen molar-refractivity contribution in [2.24, 2.45) is 0 Å². The predicted octanol–water partition coefficient (Wildman–Crippen LogP) is 0.632. The van der Waals surface area contributed by atoms with E-state index in [0.29, 0.717) is 5.56 Å². The van der Waals surface area contributed by atoms with Crippen LogP contribution in [0.2, 0.25) is 0 Å². The van der Waals surface area contributed by atoms with Crippen molar-refractivity contribution >= 4 is 0 Å². The topological polar surface area (TPSA) is 46.4 Å². The van der Waals surface area contributed by atoms with Crippen molar-refractivity contribution in [2.75, 3.05) is 53.4 Å². The molecule has 0 aromatic carbocycles. The molecule has 0 N–H and O–H groups in total. The molecular formula is C15H23N5. The molecule has 1 aromatic rings. The molecule has 0 unspecified atom stereocenters. The summed E-state index contributed by atoms with van der Waals surface area (Å²) in [5.74, 6) is 0. The van der Waals surface area contributed by atoms with Gasteiger partial charge in [0.05, 0.1) is 17.3 Å². The van der Waals surface area contributed by atoms with E-state index in [1.54, 1.807) is 12.3 Å². The van der Waals surface area contributed by atoms with Crippen LogP contribution in [0, 0.1) is 11.3 Å². The summed E-state index contributed by atoms with van der Waals surface area (Å²) in [6, 6.07) is 5.82. The molecule has 0 bridgehead atoms. The van der Waals surface area contributed by atoms with Crippen LogP contribution in [0.5, 0.6) is 0 Å². The lowest BCUT2D eigenvalue weighted by atomic mass is 10.2. The molecule has 108 valence electrons. The molecule has 0 aliphatic carbocycles. The maximum Gasteiger partial charge on any atom is 0.0992 e. The van der Waals surface area contributed by atoms with Gasteiger partial charge in [-0.25, -0.2) is 0 Å². The number of hydrogen-bond acceptors (Lipinski definition) is 5. The fourth-order valence-corrected chi connectivity index (χ4v) is 2.32. The minimum atomic E-state index is 0.688. The molecule has 1 fully saturated rings. The maximum atomic E-state index is 8.95. The zero-order valence-electron chi connectivity index (χ0n) is 12.4. The predicted molar refractivity (Wildman–Crippen MR) is 79.2 cm³/mol. The van der Waals surface area contributed by atoms with Crippen molar-refractivity contribution in [3.05, 3.63) is 29.6 Å². The van der Waals surface area contributed by atoms with E-state index in [1.807, 2.05) is 6.07 Å². The second kappa shape index (κ2) is 7.34. The summed E-state index contributed by atoms with van der Waals surface area (Å²) in [6.07, 6.45) is 1.72. The second-order valence-electron chi connectivity index (χ2n) is 5.53. The van der Waals surface area contributed by atoms with Crippen molar-refractivity contribution in [3.8, 4) is 6.07 Å². The Morgan fingerprint density at radius 1 is 1.10 bits per heavy atom. The number of aromatic nitrogens is 1. The molecule has 5 nitrogen and oxygen atoms in total. The smallest absolute Gasteiger partial charge is 0.0992 e. The molecule has 1 aromatic heterocycles. The highest BCUT2D eigenvalue weighted by Gasteiger charge is 2.13. The Kier molecular flexibility index (Phi) is 5.48. The van der Waals surface area contributed by atoms with Crippen LogP contribution in [-0.4, -0.2) is 73.0 Å². The Balaban J connectivity index is 2.00. The first-order valence-corrected chi connectivity index (χ1v) is 7.12. The van der Waals surface area contributed by atoms with Gasteiger partial charge in [-0.2, -0.15) is 5.26 Å². The summed E-state index contributed by atoms with van der Waals surface area (Å²) in [7, 11) is 4.35. The second-order valence-corrected chi connectivity index (χ2v) is 5.53. The lowest BCUT2D eigenvalue weighted by Crippen LogP contribution is -2.34. The van der Waals surface area contributed by atoms with E-state index >= 15 is 0 Å². The van der Waals surface area contributed by atoms with Gasteiger partial charge in [-0.3, -0.25) is 9.88 Å². The highest BCUT2D eigenvalue weighted by Crippen LogP contribution is 2.06. The van der Waals surface area contributed by atoms with E-state index in [-0.39, 0.29) is 0 Å². The molecule has 2 rings (SSSR count). The summed E-state index contributed by atoms with van der Waals surface area (Å²) in [4.78, 5) is 11.5. The quantitative estimate of drug-likeness (QED) is 0.791. The van der Waals surface area contributed by atoms with Crippen molar-refractivity contribution < 1.29 is 0 Å². The van der Waals surface area contributed by atoms with Crippen LogP contribution in [0.25, 0.3) is 0 Å². The van der Waals surface area contributed by atoms with Crippen LogP contribution in [0.15, 0.2) is 18.3 Å².